The van der Waals surface area contributed by atoms with Gasteiger partial charge in [-0.15, -0.1) is 0 Å². The lowest BCUT2D eigenvalue weighted by Gasteiger charge is -2.08. The lowest BCUT2D eigenvalue weighted by atomic mass is 10.0. The third-order valence-electron chi connectivity index (χ3n) is 3.12. The molecule has 0 fully saturated rings. The zero-order valence-corrected chi connectivity index (χ0v) is 10.4. The van der Waals surface area contributed by atoms with E-state index in [1.54, 1.807) is 24.5 Å². The predicted molar refractivity (Wildman–Crippen MR) is 74.1 cm³/mol. The van der Waals surface area contributed by atoms with Crippen molar-refractivity contribution in [1.29, 1.82) is 0 Å². The number of nitrogen functional groups attached to an aromatic ring is 1. The van der Waals surface area contributed by atoms with Gasteiger partial charge in [0.15, 0.2) is 0 Å². The van der Waals surface area contributed by atoms with Gasteiger partial charge >= 0.3 is 0 Å². The second-order valence-electron chi connectivity index (χ2n) is 4.41. The van der Waals surface area contributed by atoms with Crippen LogP contribution in [-0.4, -0.2) is 9.97 Å². The minimum absolute atomic E-state index is 0.205. The Morgan fingerprint density at radius 2 is 1.89 bits per heavy atom. The first-order valence-electron chi connectivity index (χ1n) is 5.92. The molecule has 2 heterocycles. The summed E-state index contributed by atoms with van der Waals surface area (Å²) in [4.78, 5) is 8.12. The van der Waals surface area contributed by atoms with Gasteiger partial charge in [-0.3, -0.25) is 4.98 Å². The number of nitrogens with two attached hydrogens (primary N) is 1. The minimum Gasteiger partial charge on any atom is -0.383 e. The van der Waals surface area contributed by atoms with Crippen LogP contribution in [0.3, 0.4) is 0 Å². The van der Waals surface area contributed by atoms with Crippen molar-refractivity contribution in [2.24, 2.45) is 0 Å². The number of fused-ring (bicyclic) bond motifs is 1. The molecule has 0 aliphatic carbocycles. The van der Waals surface area contributed by atoms with Gasteiger partial charge in [-0.25, -0.2) is 9.37 Å². The van der Waals surface area contributed by atoms with Crippen molar-refractivity contribution in [3.8, 4) is 11.1 Å². The molecular formula is C15H12FN3. The quantitative estimate of drug-likeness (QED) is 0.723. The summed E-state index contributed by atoms with van der Waals surface area (Å²) < 4.78 is 14.6. The highest BCUT2D eigenvalue weighted by Gasteiger charge is 2.12. The second-order valence-corrected chi connectivity index (χ2v) is 4.41. The van der Waals surface area contributed by atoms with E-state index >= 15 is 0 Å². The van der Waals surface area contributed by atoms with E-state index in [2.05, 4.69) is 9.97 Å². The molecular weight excluding hydrogens is 241 g/mol. The fourth-order valence-corrected chi connectivity index (χ4v) is 2.10. The highest BCUT2D eigenvalue weighted by molar-refractivity contribution is 5.94. The van der Waals surface area contributed by atoms with Gasteiger partial charge in [0, 0.05) is 29.2 Å². The van der Waals surface area contributed by atoms with E-state index in [0.717, 1.165) is 16.6 Å². The van der Waals surface area contributed by atoms with Crippen LogP contribution in [0.5, 0.6) is 0 Å². The summed E-state index contributed by atoms with van der Waals surface area (Å²) >= 11 is 0. The maximum atomic E-state index is 14.6. The van der Waals surface area contributed by atoms with Crippen LogP contribution in [0.1, 0.15) is 5.69 Å². The molecule has 0 spiro atoms. The highest BCUT2D eigenvalue weighted by atomic mass is 19.1. The first-order chi connectivity index (χ1) is 9.16. The average Bonchev–Trinajstić information content (AvgIpc) is 2.40. The molecule has 1 aromatic carbocycles. The molecule has 0 radical (unpaired) electrons. The molecule has 3 nitrogen and oxygen atoms in total. The number of halogens is 1. The van der Waals surface area contributed by atoms with Crippen molar-refractivity contribution in [2.75, 3.05) is 5.73 Å². The Hall–Kier alpha value is -2.49. The first-order valence-corrected chi connectivity index (χ1v) is 5.92. The van der Waals surface area contributed by atoms with Crippen LogP contribution in [0.15, 0.2) is 42.7 Å². The number of pyridine rings is 2. The van der Waals surface area contributed by atoms with Gasteiger partial charge in [-0.1, -0.05) is 18.2 Å². The number of hydrogen-bond donors (Lipinski definition) is 1. The van der Waals surface area contributed by atoms with Crippen LogP contribution in [0.25, 0.3) is 21.9 Å². The smallest absolute Gasteiger partial charge is 0.142 e. The molecule has 0 aliphatic rings. The molecule has 3 rings (SSSR count). The van der Waals surface area contributed by atoms with E-state index in [1.165, 1.54) is 0 Å². The van der Waals surface area contributed by atoms with Crippen LogP contribution in [0.4, 0.5) is 10.2 Å². The molecule has 0 atom stereocenters. The summed E-state index contributed by atoms with van der Waals surface area (Å²) in [6.07, 6.45) is 3.23. The Morgan fingerprint density at radius 3 is 2.63 bits per heavy atom. The van der Waals surface area contributed by atoms with Gasteiger partial charge in [0.1, 0.15) is 11.6 Å². The van der Waals surface area contributed by atoms with Crippen molar-refractivity contribution < 1.29 is 4.39 Å². The SMILES string of the molecule is Cc1ccc(-c2ccc3ccnc(N)c3c2F)cn1. The highest BCUT2D eigenvalue weighted by Crippen LogP contribution is 2.30. The summed E-state index contributed by atoms with van der Waals surface area (Å²) in [7, 11) is 0. The first kappa shape index (κ1) is 11.6. The molecule has 0 unspecified atom stereocenters. The van der Waals surface area contributed by atoms with Crippen LogP contribution in [-0.2, 0) is 0 Å². The summed E-state index contributed by atoms with van der Waals surface area (Å²) in [5.74, 6) is -0.148. The van der Waals surface area contributed by atoms with Gasteiger partial charge in [0.2, 0.25) is 0 Å². The normalized spacial score (nSPS) is 10.8. The molecule has 0 saturated heterocycles. The van der Waals surface area contributed by atoms with Gasteiger partial charge in [0.05, 0.1) is 5.39 Å². The number of rotatable bonds is 1. The fraction of sp³-hybridized carbons (Fsp3) is 0.0667. The monoisotopic (exact) mass is 253 g/mol. The molecule has 94 valence electrons. The van der Waals surface area contributed by atoms with Crippen LogP contribution < -0.4 is 5.73 Å². The van der Waals surface area contributed by atoms with Crippen LogP contribution in [0, 0.1) is 12.7 Å². The van der Waals surface area contributed by atoms with E-state index in [4.69, 9.17) is 5.73 Å². The van der Waals surface area contributed by atoms with E-state index in [-0.39, 0.29) is 11.6 Å². The second kappa shape index (κ2) is 4.31. The Bertz CT molecular complexity index is 751. The number of benzene rings is 1. The zero-order valence-electron chi connectivity index (χ0n) is 10.4. The Morgan fingerprint density at radius 1 is 1.05 bits per heavy atom. The molecule has 2 aromatic heterocycles. The third-order valence-corrected chi connectivity index (χ3v) is 3.12. The van der Waals surface area contributed by atoms with Gasteiger partial charge in [-0.2, -0.15) is 0 Å². The number of hydrogen-bond acceptors (Lipinski definition) is 3. The molecule has 0 amide bonds. The summed E-state index contributed by atoms with van der Waals surface area (Å²) in [6.45, 7) is 1.89. The standard InChI is InChI=1S/C15H12FN3/c1-9-2-3-11(8-19-9)12-5-4-10-6-7-18-15(17)13(10)14(12)16/h2-8H,1H3,(H2,17,18). The summed E-state index contributed by atoms with van der Waals surface area (Å²) in [6, 6.07) is 9.02. The number of nitrogens with zero attached hydrogens (tertiary/aromatic N) is 2. The number of anilines is 1. The summed E-state index contributed by atoms with van der Waals surface area (Å²) in [5.41, 5.74) is 7.87. The van der Waals surface area contributed by atoms with E-state index in [9.17, 15) is 4.39 Å². The molecule has 0 bridgehead atoms. The van der Waals surface area contributed by atoms with E-state index in [1.807, 2.05) is 25.1 Å². The van der Waals surface area contributed by atoms with Crippen molar-refractivity contribution in [3.63, 3.8) is 0 Å². The molecule has 0 saturated carbocycles. The topological polar surface area (TPSA) is 51.8 Å². The maximum Gasteiger partial charge on any atom is 0.142 e. The third kappa shape index (κ3) is 1.91. The maximum absolute atomic E-state index is 14.6. The molecule has 2 N–H and O–H groups in total. The van der Waals surface area contributed by atoms with E-state index in [0.29, 0.717) is 10.9 Å². The van der Waals surface area contributed by atoms with Gasteiger partial charge in [0.25, 0.3) is 0 Å². The molecule has 19 heavy (non-hydrogen) atoms. The largest absolute Gasteiger partial charge is 0.383 e. The van der Waals surface area contributed by atoms with Crippen molar-refractivity contribution in [2.45, 2.75) is 6.92 Å². The number of aromatic nitrogens is 2. The number of aryl methyl sites for hydroxylation is 1. The minimum atomic E-state index is -0.353. The molecule has 3 aromatic rings. The fourth-order valence-electron chi connectivity index (χ4n) is 2.10. The molecule has 4 heteroatoms. The van der Waals surface area contributed by atoms with E-state index < -0.39 is 0 Å². The summed E-state index contributed by atoms with van der Waals surface area (Å²) in [5, 5.41) is 1.11. The van der Waals surface area contributed by atoms with Crippen LogP contribution >= 0.6 is 0 Å². The van der Waals surface area contributed by atoms with Crippen molar-refractivity contribution in [3.05, 3.63) is 54.2 Å². The Labute approximate surface area is 109 Å². The molecule has 0 aliphatic heterocycles. The lowest BCUT2D eigenvalue weighted by molar-refractivity contribution is 0.643. The Balaban J connectivity index is 2.28. The lowest BCUT2D eigenvalue weighted by Crippen LogP contribution is -1.95. The predicted octanol–water partition coefficient (Wildman–Crippen LogP) is 3.33. The Kier molecular flexibility index (Phi) is 2.63. The van der Waals surface area contributed by atoms with Crippen molar-refractivity contribution in [1.82, 2.24) is 9.97 Å². The van der Waals surface area contributed by atoms with Gasteiger partial charge < -0.3 is 5.73 Å². The average molecular weight is 253 g/mol. The van der Waals surface area contributed by atoms with Crippen molar-refractivity contribution >= 4 is 16.6 Å². The zero-order chi connectivity index (χ0) is 13.4. The van der Waals surface area contributed by atoms with Crippen LogP contribution in [0.2, 0.25) is 0 Å². The van der Waals surface area contributed by atoms with Gasteiger partial charge in [-0.05, 0) is 24.4 Å².